The van der Waals surface area contributed by atoms with E-state index < -0.39 is 0 Å². The van der Waals surface area contributed by atoms with Crippen molar-refractivity contribution < 1.29 is 0 Å². The van der Waals surface area contributed by atoms with E-state index in [0.29, 0.717) is 11.5 Å². The van der Waals surface area contributed by atoms with Gasteiger partial charge in [-0.2, -0.15) is 5.10 Å². The second kappa shape index (κ2) is 9.34. The summed E-state index contributed by atoms with van der Waals surface area (Å²) < 4.78 is 0. The Hall–Kier alpha value is -1.64. The van der Waals surface area contributed by atoms with Crippen LogP contribution >= 0.6 is 24.0 Å². The molecule has 0 bridgehead atoms. The zero-order chi connectivity index (χ0) is 17.7. The molecule has 1 saturated carbocycles. The molecule has 1 heterocycles. The standard InChI is InChI=1S/C19H28N6.HI/c1-19(2)9-7-16(8-10-19)24-18(20-3)21-12-14-5-4-6-15(11-14)17-22-13-23-25-17;/h4-6,11,13,16H,7-10,12H2,1-3H3,(H2,20,21,24)(H,22,23,25);1H. The smallest absolute Gasteiger partial charge is 0.191 e. The summed E-state index contributed by atoms with van der Waals surface area (Å²) in [5.74, 6) is 1.66. The summed E-state index contributed by atoms with van der Waals surface area (Å²) in [6.45, 7) is 5.44. The highest BCUT2D eigenvalue weighted by Crippen LogP contribution is 2.34. The summed E-state index contributed by atoms with van der Waals surface area (Å²) in [4.78, 5) is 8.58. The van der Waals surface area contributed by atoms with E-state index in [1.807, 2.05) is 19.2 Å². The highest BCUT2D eigenvalue weighted by atomic mass is 127. The number of hydrogen-bond donors (Lipinski definition) is 3. The van der Waals surface area contributed by atoms with Gasteiger partial charge in [-0.15, -0.1) is 24.0 Å². The first kappa shape index (κ1) is 20.7. The Morgan fingerprint density at radius 1 is 1.31 bits per heavy atom. The zero-order valence-electron chi connectivity index (χ0n) is 15.7. The van der Waals surface area contributed by atoms with Crippen LogP contribution in [0.25, 0.3) is 11.4 Å². The summed E-state index contributed by atoms with van der Waals surface area (Å²) in [6, 6.07) is 8.79. The molecule has 1 fully saturated rings. The van der Waals surface area contributed by atoms with Crippen molar-refractivity contribution in [2.24, 2.45) is 10.4 Å². The maximum atomic E-state index is 4.37. The third-order valence-electron chi connectivity index (χ3n) is 4.98. The average Bonchev–Trinajstić information content (AvgIpc) is 3.15. The van der Waals surface area contributed by atoms with Crippen LogP contribution in [0.4, 0.5) is 0 Å². The number of aliphatic imine (C=N–C) groups is 1. The minimum Gasteiger partial charge on any atom is -0.354 e. The molecular formula is C19H29IN6. The Labute approximate surface area is 172 Å². The SMILES string of the molecule is CN=C(NCc1cccc(-c2ncn[nH]2)c1)NC1CCC(C)(C)CC1.I. The minimum atomic E-state index is 0. The van der Waals surface area contributed by atoms with Crippen LogP contribution in [-0.2, 0) is 6.54 Å². The van der Waals surface area contributed by atoms with Gasteiger partial charge in [0.05, 0.1) is 0 Å². The molecule has 1 aromatic carbocycles. The molecule has 0 radical (unpaired) electrons. The Morgan fingerprint density at radius 2 is 2.08 bits per heavy atom. The quantitative estimate of drug-likeness (QED) is 0.363. The van der Waals surface area contributed by atoms with Gasteiger partial charge in [-0.3, -0.25) is 10.1 Å². The number of benzene rings is 1. The predicted octanol–water partition coefficient (Wildman–Crippen LogP) is 3.72. The number of nitrogens with one attached hydrogen (secondary N) is 3. The predicted molar refractivity (Wildman–Crippen MR) is 117 cm³/mol. The number of nitrogens with zero attached hydrogens (tertiary/aromatic N) is 3. The summed E-state index contributed by atoms with van der Waals surface area (Å²) >= 11 is 0. The Bertz CT molecular complexity index is 701. The van der Waals surface area contributed by atoms with Crippen molar-refractivity contribution in [2.45, 2.75) is 52.1 Å². The molecule has 6 nitrogen and oxygen atoms in total. The Balaban J connectivity index is 0.00000243. The molecule has 1 aliphatic rings. The second-order valence-electron chi connectivity index (χ2n) is 7.54. The molecule has 3 N–H and O–H groups in total. The van der Waals surface area contributed by atoms with Crippen molar-refractivity contribution in [1.29, 1.82) is 0 Å². The summed E-state index contributed by atoms with van der Waals surface area (Å²) in [5, 5.41) is 13.8. The van der Waals surface area contributed by atoms with E-state index in [1.165, 1.54) is 37.6 Å². The molecule has 0 saturated heterocycles. The minimum absolute atomic E-state index is 0. The zero-order valence-corrected chi connectivity index (χ0v) is 18.1. The fourth-order valence-electron chi connectivity index (χ4n) is 3.29. The summed E-state index contributed by atoms with van der Waals surface area (Å²) in [6.07, 6.45) is 6.46. The molecule has 3 rings (SSSR count). The van der Waals surface area contributed by atoms with Gasteiger partial charge < -0.3 is 10.6 Å². The van der Waals surface area contributed by atoms with Crippen LogP contribution in [0.15, 0.2) is 35.6 Å². The van der Waals surface area contributed by atoms with Crippen LogP contribution in [0.5, 0.6) is 0 Å². The van der Waals surface area contributed by atoms with Gasteiger partial charge in [0.2, 0.25) is 0 Å². The van der Waals surface area contributed by atoms with Gasteiger partial charge in [0, 0.05) is 25.2 Å². The molecule has 1 aliphatic carbocycles. The lowest BCUT2D eigenvalue weighted by molar-refractivity contribution is 0.216. The lowest BCUT2D eigenvalue weighted by Crippen LogP contribution is -2.45. The molecule has 0 atom stereocenters. The number of rotatable bonds is 4. The van der Waals surface area contributed by atoms with Crippen LogP contribution < -0.4 is 10.6 Å². The number of halogens is 1. The molecule has 142 valence electrons. The maximum Gasteiger partial charge on any atom is 0.191 e. The van der Waals surface area contributed by atoms with Gasteiger partial charge in [-0.05, 0) is 42.7 Å². The molecule has 1 aromatic heterocycles. The molecule has 26 heavy (non-hydrogen) atoms. The highest BCUT2D eigenvalue weighted by Gasteiger charge is 2.27. The topological polar surface area (TPSA) is 78.0 Å². The van der Waals surface area contributed by atoms with E-state index in [9.17, 15) is 0 Å². The maximum absolute atomic E-state index is 4.37. The molecular weight excluding hydrogens is 439 g/mol. The van der Waals surface area contributed by atoms with Gasteiger partial charge in [-0.25, -0.2) is 4.98 Å². The molecule has 2 aromatic rings. The number of H-pyrrole nitrogens is 1. The fraction of sp³-hybridized carbons (Fsp3) is 0.526. The van der Waals surface area contributed by atoms with E-state index in [2.05, 4.69) is 56.8 Å². The largest absolute Gasteiger partial charge is 0.354 e. The van der Waals surface area contributed by atoms with Crippen molar-refractivity contribution in [3.05, 3.63) is 36.2 Å². The van der Waals surface area contributed by atoms with Crippen LogP contribution in [0.2, 0.25) is 0 Å². The molecule has 7 heteroatoms. The van der Waals surface area contributed by atoms with Gasteiger partial charge in [0.1, 0.15) is 6.33 Å². The van der Waals surface area contributed by atoms with Crippen LogP contribution in [0.1, 0.15) is 45.1 Å². The fourth-order valence-corrected chi connectivity index (χ4v) is 3.29. The molecule has 0 unspecified atom stereocenters. The molecule has 0 spiro atoms. The summed E-state index contributed by atoms with van der Waals surface area (Å²) in [7, 11) is 1.83. The first-order chi connectivity index (χ1) is 12.1. The Kier molecular flexibility index (Phi) is 7.43. The normalized spacial score (nSPS) is 17.4. The number of guanidine groups is 1. The van der Waals surface area contributed by atoms with E-state index in [4.69, 9.17) is 0 Å². The van der Waals surface area contributed by atoms with Gasteiger partial charge in [0.25, 0.3) is 0 Å². The van der Waals surface area contributed by atoms with E-state index in [1.54, 1.807) is 0 Å². The first-order valence-electron chi connectivity index (χ1n) is 8.98. The third-order valence-corrected chi connectivity index (χ3v) is 4.98. The monoisotopic (exact) mass is 468 g/mol. The van der Waals surface area contributed by atoms with E-state index >= 15 is 0 Å². The van der Waals surface area contributed by atoms with Gasteiger partial charge >= 0.3 is 0 Å². The van der Waals surface area contributed by atoms with Crippen LogP contribution in [0.3, 0.4) is 0 Å². The lowest BCUT2D eigenvalue weighted by atomic mass is 9.75. The number of aromatic nitrogens is 3. The highest BCUT2D eigenvalue weighted by molar-refractivity contribution is 14.0. The van der Waals surface area contributed by atoms with Crippen molar-refractivity contribution in [2.75, 3.05) is 7.05 Å². The van der Waals surface area contributed by atoms with Crippen molar-refractivity contribution in [3.8, 4) is 11.4 Å². The van der Waals surface area contributed by atoms with Crippen LogP contribution in [-0.4, -0.2) is 34.2 Å². The van der Waals surface area contributed by atoms with Gasteiger partial charge in [-0.1, -0.05) is 32.0 Å². The lowest BCUT2D eigenvalue weighted by Gasteiger charge is -2.35. The van der Waals surface area contributed by atoms with E-state index in [-0.39, 0.29) is 24.0 Å². The average molecular weight is 468 g/mol. The third kappa shape index (κ3) is 5.69. The van der Waals surface area contributed by atoms with E-state index in [0.717, 1.165) is 23.9 Å². The second-order valence-corrected chi connectivity index (χ2v) is 7.54. The molecule has 0 aliphatic heterocycles. The number of hydrogen-bond acceptors (Lipinski definition) is 3. The van der Waals surface area contributed by atoms with Gasteiger partial charge in [0.15, 0.2) is 11.8 Å². The Morgan fingerprint density at radius 3 is 2.73 bits per heavy atom. The van der Waals surface area contributed by atoms with Crippen molar-refractivity contribution in [3.63, 3.8) is 0 Å². The van der Waals surface area contributed by atoms with Crippen molar-refractivity contribution >= 4 is 29.9 Å². The van der Waals surface area contributed by atoms with Crippen LogP contribution in [0, 0.1) is 5.41 Å². The summed E-state index contributed by atoms with van der Waals surface area (Å²) in [5.41, 5.74) is 2.70. The molecule has 0 amide bonds. The first-order valence-corrected chi connectivity index (χ1v) is 8.98. The number of aromatic amines is 1. The van der Waals surface area contributed by atoms with Crippen molar-refractivity contribution in [1.82, 2.24) is 25.8 Å².